The third-order valence-corrected chi connectivity index (χ3v) is 8.01. The Bertz CT molecular complexity index is 1650. The van der Waals surface area contributed by atoms with E-state index >= 15 is 0 Å². The lowest BCUT2D eigenvalue weighted by molar-refractivity contribution is -0.142. The standard InChI is InChI=1S/C32H31F2N3O5S/c1-22-3-5-24(6-4-22)19-35-32(39)23(2)37(20-25-7-9-26(33)10-8-25)31(38)21-42-29-15-17-30(18-16-29)43(40,41)36-28-13-11-27(34)12-14-28/h3-18,23,36H,19-21H2,1-2H3,(H,35,39)/t23-/m0/s1. The van der Waals surface area contributed by atoms with Gasteiger partial charge in [0.1, 0.15) is 23.4 Å². The van der Waals surface area contributed by atoms with E-state index in [1.165, 1.54) is 65.6 Å². The summed E-state index contributed by atoms with van der Waals surface area (Å²) >= 11 is 0. The average molecular weight is 608 g/mol. The second-order valence-corrected chi connectivity index (χ2v) is 11.6. The molecule has 4 aromatic rings. The summed E-state index contributed by atoms with van der Waals surface area (Å²) in [5, 5.41) is 2.85. The van der Waals surface area contributed by atoms with Crippen LogP contribution in [-0.2, 0) is 32.7 Å². The number of sulfonamides is 1. The molecule has 0 saturated heterocycles. The molecule has 2 amide bonds. The van der Waals surface area contributed by atoms with Crippen LogP contribution in [0.2, 0.25) is 0 Å². The Kier molecular flexibility index (Phi) is 10.1. The Morgan fingerprint density at radius 3 is 1.98 bits per heavy atom. The molecule has 0 bridgehead atoms. The van der Waals surface area contributed by atoms with Gasteiger partial charge < -0.3 is 15.0 Å². The molecule has 4 rings (SSSR count). The fourth-order valence-electron chi connectivity index (χ4n) is 4.09. The summed E-state index contributed by atoms with van der Waals surface area (Å²) < 4.78 is 60.0. The van der Waals surface area contributed by atoms with Gasteiger partial charge in [0.25, 0.3) is 15.9 Å². The van der Waals surface area contributed by atoms with E-state index < -0.39 is 40.2 Å². The van der Waals surface area contributed by atoms with E-state index in [0.29, 0.717) is 5.56 Å². The van der Waals surface area contributed by atoms with Gasteiger partial charge in [0.15, 0.2) is 6.61 Å². The van der Waals surface area contributed by atoms with Crippen molar-refractivity contribution in [1.29, 1.82) is 0 Å². The van der Waals surface area contributed by atoms with Gasteiger partial charge in [-0.2, -0.15) is 0 Å². The van der Waals surface area contributed by atoms with Crippen LogP contribution in [0.5, 0.6) is 5.75 Å². The van der Waals surface area contributed by atoms with Crippen molar-refractivity contribution in [2.24, 2.45) is 0 Å². The maximum absolute atomic E-state index is 13.5. The summed E-state index contributed by atoms with van der Waals surface area (Å²) in [4.78, 5) is 27.6. The van der Waals surface area contributed by atoms with Crippen molar-refractivity contribution in [2.45, 2.75) is 37.9 Å². The molecule has 2 N–H and O–H groups in total. The first-order valence-electron chi connectivity index (χ1n) is 13.4. The molecule has 224 valence electrons. The number of nitrogens with zero attached hydrogens (tertiary/aromatic N) is 1. The highest BCUT2D eigenvalue weighted by Crippen LogP contribution is 2.20. The van der Waals surface area contributed by atoms with Crippen molar-refractivity contribution in [3.8, 4) is 5.75 Å². The lowest BCUT2D eigenvalue weighted by Gasteiger charge is -2.28. The fourth-order valence-corrected chi connectivity index (χ4v) is 5.15. The van der Waals surface area contributed by atoms with Gasteiger partial charge in [-0.25, -0.2) is 17.2 Å². The number of hydrogen-bond acceptors (Lipinski definition) is 5. The predicted octanol–water partition coefficient (Wildman–Crippen LogP) is 5.19. The van der Waals surface area contributed by atoms with Crippen LogP contribution >= 0.6 is 0 Å². The number of ether oxygens (including phenoxy) is 1. The fraction of sp³-hybridized carbons (Fsp3) is 0.188. The molecular weight excluding hydrogens is 576 g/mol. The number of rotatable bonds is 12. The Hall–Kier alpha value is -4.77. The highest BCUT2D eigenvalue weighted by molar-refractivity contribution is 7.92. The van der Waals surface area contributed by atoms with Gasteiger partial charge in [0.2, 0.25) is 5.91 Å². The summed E-state index contributed by atoms with van der Waals surface area (Å²) in [5.74, 6) is -1.57. The number of aryl methyl sites for hydroxylation is 1. The zero-order valence-electron chi connectivity index (χ0n) is 23.6. The van der Waals surface area contributed by atoms with Gasteiger partial charge in [-0.1, -0.05) is 42.0 Å². The minimum atomic E-state index is -3.95. The van der Waals surface area contributed by atoms with Gasteiger partial charge >= 0.3 is 0 Å². The molecule has 11 heteroatoms. The van der Waals surface area contributed by atoms with E-state index in [9.17, 15) is 26.8 Å². The van der Waals surface area contributed by atoms with Crippen LogP contribution in [0, 0.1) is 18.6 Å². The quantitative estimate of drug-likeness (QED) is 0.231. The van der Waals surface area contributed by atoms with E-state index in [2.05, 4.69) is 10.0 Å². The van der Waals surface area contributed by atoms with Crippen LogP contribution in [-0.4, -0.2) is 37.8 Å². The third-order valence-electron chi connectivity index (χ3n) is 6.61. The number of carbonyl (C=O) groups is 2. The normalized spacial score (nSPS) is 11.8. The van der Waals surface area contributed by atoms with Crippen molar-refractivity contribution in [3.63, 3.8) is 0 Å². The molecule has 0 saturated carbocycles. The van der Waals surface area contributed by atoms with Crippen LogP contribution in [0.25, 0.3) is 0 Å². The largest absolute Gasteiger partial charge is 0.484 e. The van der Waals surface area contributed by atoms with Crippen molar-refractivity contribution in [1.82, 2.24) is 10.2 Å². The second-order valence-electron chi connectivity index (χ2n) is 9.90. The van der Waals surface area contributed by atoms with E-state index in [1.807, 2.05) is 31.2 Å². The van der Waals surface area contributed by atoms with Crippen LogP contribution in [0.1, 0.15) is 23.6 Å². The first kappa shape index (κ1) is 31.2. The number of halogens is 2. The van der Waals surface area contributed by atoms with Crippen LogP contribution in [0.3, 0.4) is 0 Å². The van der Waals surface area contributed by atoms with Crippen molar-refractivity contribution in [3.05, 3.63) is 125 Å². The molecule has 8 nitrogen and oxygen atoms in total. The maximum Gasteiger partial charge on any atom is 0.261 e. The molecule has 0 aliphatic carbocycles. The number of anilines is 1. The van der Waals surface area contributed by atoms with Gasteiger partial charge in [-0.15, -0.1) is 0 Å². The highest BCUT2D eigenvalue weighted by Gasteiger charge is 2.26. The molecule has 1 atom stereocenters. The first-order chi connectivity index (χ1) is 20.5. The summed E-state index contributed by atoms with van der Waals surface area (Å²) in [6.07, 6.45) is 0. The molecule has 0 fully saturated rings. The molecule has 4 aromatic carbocycles. The maximum atomic E-state index is 13.5. The van der Waals surface area contributed by atoms with Gasteiger partial charge in [-0.05, 0) is 85.6 Å². The molecular formula is C32H31F2N3O5S. The number of nitrogens with one attached hydrogen (secondary N) is 2. The monoisotopic (exact) mass is 607 g/mol. The van der Waals surface area contributed by atoms with Crippen LogP contribution < -0.4 is 14.8 Å². The Labute approximate surface area is 249 Å². The average Bonchev–Trinajstić information content (AvgIpc) is 3.00. The SMILES string of the molecule is Cc1ccc(CNC(=O)[C@H](C)N(Cc2ccc(F)cc2)C(=O)COc2ccc(S(=O)(=O)Nc3ccc(F)cc3)cc2)cc1. The first-order valence-corrected chi connectivity index (χ1v) is 14.9. The summed E-state index contributed by atoms with van der Waals surface area (Å²) in [6.45, 7) is 3.45. The zero-order valence-corrected chi connectivity index (χ0v) is 24.4. The van der Waals surface area contributed by atoms with Crippen molar-refractivity contribution < 1.29 is 31.5 Å². The van der Waals surface area contributed by atoms with E-state index in [0.717, 1.165) is 23.3 Å². The number of benzene rings is 4. The molecule has 0 aliphatic rings. The zero-order chi connectivity index (χ0) is 31.0. The number of amides is 2. The Morgan fingerprint density at radius 1 is 0.814 bits per heavy atom. The molecule has 0 heterocycles. The van der Waals surface area contributed by atoms with E-state index in [-0.39, 0.29) is 35.3 Å². The molecule has 0 spiro atoms. The van der Waals surface area contributed by atoms with Crippen LogP contribution in [0.15, 0.2) is 102 Å². The molecule has 43 heavy (non-hydrogen) atoms. The lowest BCUT2D eigenvalue weighted by Crippen LogP contribution is -2.48. The van der Waals surface area contributed by atoms with E-state index in [1.54, 1.807) is 6.92 Å². The summed E-state index contributed by atoms with van der Waals surface area (Å²) in [7, 11) is -3.95. The molecule has 0 aliphatic heterocycles. The van der Waals surface area contributed by atoms with Crippen molar-refractivity contribution >= 4 is 27.5 Å². The molecule has 0 radical (unpaired) electrons. The van der Waals surface area contributed by atoms with Gasteiger partial charge in [0.05, 0.1) is 4.90 Å². The van der Waals surface area contributed by atoms with Crippen molar-refractivity contribution in [2.75, 3.05) is 11.3 Å². The molecule has 0 aromatic heterocycles. The topological polar surface area (TPSA) is 105 Å². The minimum absolute atomic E-state index is 0.0355. The lowest BCUT2D eigenvalue weighted by atomic mass is 10.1. The predicted molar refractivity (Wildman–Crippen MR) is 159 cm³/mol. The minimum Gasteiger partial charge on any atom is -0.484 e. The Morgan fingerprint density at radius 2 is 1.37 bits per heavy atom. The number of hydrogen-bond donors (Lipinski definition) is 2. The summed E-state index contributed by atoms with van der Waals surface area (Å²) in [5.41, 5.74) is 2.82. The van der Waals surface area contributed by atoms with Gasteiger partial charge in [-0.3, -0.25) is 14.3 Å². The highest BCUT2D eigenvalue weighted by atomic mass is 32.2. The molecule has 0 unspecified atom stereocenters. The number of carbonyl (C=O) groups excluding carboxylic acids is 2. The second kappa shape index (κ2) is 13.9. The smallest absolute Gasteiger partial charge is 0.261 e. The van der Waals surface area contributed by atoms with Crippen LogP contribution in [0.4, 0.5) is 14.5 Å². The van der Waals surface area contributed by atoms with Gasteiger partial charge in [0, 0.05) is 18.8 Å². The summed E-state index contributed by atoms with van der Waals surface area (Å²) in [6, 6.07) is 22.7. The Balaban J connectivity index is 1.41. The van der Waals surface area contributed by atoms with E-state index in [4.69, 9.17) is 4.74 Å². The third kappa shape index (κ3) is 8.86.